The molecule has 5 nitrogen and oxygen atoms in total. The second-order valence-electron chi connectivity index (χ2n) is 5.10. The first kappa shape index (κ1) is 16.6. The Hall–Kier alpha value is -1.73. The molecule has 1 heterocycles. The summed E-state index contributed by atoms with van der Waals surface area (Å²) >= 11 is 10.9. The van der Waals surface area contributed by atoms with Crippen LogP contribution >= 0.6 is 24.4 Å². The minimum atomic E-state index is -0.282. The summed E-state index contributed by atoms with van der Waals surface area (Å²) in [5.41, 5.74) is 0.932. The van der Waals surface area contributed by atoms with Crippen molar-refractivity contribution in [3.05, 3.63) is 30.3 Å². The minimum absolute atomic E-state index is 0.203. The minimum Gasteiger partial charge on any atom is -0.461 e. The molecule has 0 radical (unpaired) electrons. The molecule has 1 N–H and O–H groups in total. The first-order chi connectivity index (χ1) is 10.5. The molecule has 0 amide bonds. The Kier molecular flexibility index (Phi) is 5.68. The summed E-state index contributed by atoms with van der Waals surface area (Å²) in [7, 11) is 0. The van der Waals surface area contributed by atoms with Gasteiger partial charge in [-0.2, -0.15) is 0 Å². The van der Waals surface area contributed by atoms with E-state index in [1.165, 1.54) is 6.92 Å². The standard InChI is InChI=1S/C15H19N3O2S2/c1-11(20-12(2)19)10-17-8-9-18(15(17)22)14(21)16-13-6-4-3-5-7-13/h3-7,11H,8-10H2,1-2H3,(H,16,21). The van der Waals surface area contributed by atoms with E-state index in [9.17, 15) is 4.79 Å². The lowest BCUT2D eigenvalue weighted by atomic mass is 10.3. The largest absolute Gasteiger partial charge is 0.461 e. The molecule has 1 aliphatic rings. The summed E-state index contributed by atoms with van der Waals surface area (Å²) in [5.74, 6) is -0.282. The van der Waals surface area contributed by atoms with Crippen LogP contribution in [0.1, 0.15) is 13.8 Å². The van der Waals surface area contributed by atoms with E-state index in [2.05, 4.69) is 5.32 Å². The second-order valence-corrected chi connectivity index (χ2v) is 5.85. The highest BCUT2D eigenvalue weighted by atomic mass is 32.1. The third kappa shape index (κ3) is 4.38. The fraction of sp³-hybridized carbons (Fsp3) is 0.400. The van der Waals surface area contributed by atoms with Gasteiger partial charge in [-0.15, -0.1) is 0 Å². The summed E-state index contributed by atoms with van der Waals surface area (Å²) in [6, 6.07) is 9.74. The maximum atomic E-state index is 11.0. The van der Waals surface area contributed by atoms with E-state index < -0.39 is 0 Å². The van der Waals surface area contributed by atoms with Gasteiger partial charge in [0.1, 0.15) is 6.10 Å². The molecule has 1 unspecified atom stereocenters. The van der Waals surface area contributed by atoms with Crippen molar-refractivity contribution in [2.24, 2.45) is 0 Å². The molecule has 118 valence electrons. The van der Waals surface area contributed by atoms with Crippen LogP contribution in [0, 0.1) is 0 Å². The smallest absolute Gasteiger partial charge is 0.302 e. The van der Waals surface area contributed by atoms with Gasteiger partial charge in [-0.25, -0.2) is 0 Å². The van der Waals surface area contributed by atoms with Crippen molar-refractivity contribution in [3.63, 3.8) is 0 Å². The fourth-order valence-electron chi connectivity index (χ4n) is 2.28. The van der Waals surface area contributed by atoms with Crippen LogP contribution in [0.3, 0.4) is 0 Å². The Bertz CT molecular complexity index is 565. The van der Waals surface area contributed by atoms with E-state index in [0.29, 0.717) is 16.8 Å². The zero-order chi connectivity index (χ0) is 16.1. The number of carbonyl (C=O) groups excluding carboxylic acids is 1. The highest BCUT2D eigenvalue weighted by Crippen LogP contribution is 2.14. The van der Waals surface area contributed by atoms with Crippen LogP contribution in [0.25, 0.3) is 0 Å². The van der Waals surface area contributed by atoms with Crippen molar-refractivity contribution in [1.29, 1.82) is 0 Å². The number of hydrogen-bond acceptors (Lipinski definition) is 4. The van der Waals surface area contributed by atoms with Gasteiger partial charge in [0.15, 0.2) is 10.2 Å². The molecule has 0 bridgehead atoms. The van der Waals surface area contributed by atoms with E-state index in [-0.39, 0.29) is 12.1 Å². The van der Waals surface area contributed by atoms with E-state index in [4.69, 9.17) is 29.2 Å². The quantitative estimate of drug-likeness (QED) is 0.668. The summed E-state index contributed by atoms with van der Waals surface area (Å²) in [6.07, 6.45) is -0.203. The van der Waals surface area contributed by atoms with Crippen molar-refractivity contribution < 1.29 is 9.53 Å². The van der Waals surface area contributed by atoms with Crippen LogP contribution in [-0.4, -0.2) is 51.7 Å². The predicted octanol–water partition coefficient (Wildman–Crippen LogP) is 2.24. The second kappa shape index (κ2) is 7.51. The van der Waals surface area contributed by atoms with Crippen LogP contribution < -0.4 is 5.32 Å². The molecule has 0 aliphatic carbocycles. The summed E-state index contributed by atoms with van der Waals surface area (Å²) in [5, 5.41) is 4.42. The number of para-hydroxylation sites is 1. The molecular weight excluding hydrogens is 318 g/mol. The maximum Gasteiger partial charge on any atom is 0.302 e. The van der Waals surface area contributed by atoms with Crippen molar-refractivity contribution in [1.82, 2.24) is 9.80 Å². The zero-order valence-corrected chi connectivity index (χ0v) is 14.2. The van der Waals surface area contributed by atoms with Crippen LogP contribution in [0.4, 0.5) is 5.69 Å². The average Bonchev–Trinajstić information content (AvgIpc) is 2.80. The number of carbonyl (C=O) groups is 1. The number of nitrogens with zero attached hydrogens (tertiary/aromatic N) is 2. The van der Waals surface area contributed by atoms with Crippen LogP contribution in [0.15, 0.2) is 30.3 Å². The molecule has 0 spiro atoms. The van der Waals surface area contributed by atoms with E-state index in [0.717, 1.165) is 18.8 Å². The van der Waals surface area contributed by atoms with Gasteiger partial charge in [-0.3, -0.25) is 9.69 Å². The van der Waals surface area contributed by atoms with Gasteiger partial charge in [-0.05, 0) is 43.5 Å². The fourth-order valence-corrected chi connectivity index (χ4v) is 2.99. The highest BCUT2D eigenvalue weighted by molar-refractivity contribution is 7.82. The van der Waals surface area contributed by atoms with E-state index in [1.54, 1.807) is 0 Å². The number of hydrogen-bond donors (Lipinski definition) is 1. The number of ether oxygens (including phenoxy) is 1. The van der Waals surface area contributed by atoms with Gasteiger partial charge in [0.25, 0.3) is 0 Å². The molecule has 0 aromatic heterocycles. The summed E-state index contributed by atoms with van der Waals surface area (Å²) < 4.78 is 5.14. The molecule has 1 aliphatic heterocycles. The van der Waals surface area contributed by atoms with Crippen molar-refractivity contribution >= 4 is 46.3 Å². The number of esters is 1. The van der Waals surface area contributed by atoms with Crippen LogP contribution in [-0.2, 0) is 9.53 Å². The van der Waals surface area contributed by atoms with Crippen LogP contribution in [0.5, 0.6) is 0 Å². The molecular formula is C15H19N3O2S2. The van der Waals surface area contributed by atoms with Gasteiger partial charge < -0.3 is 15.0 Å². The lowest BCUT2D eigenvalue weighted by Crippen LogP contribution is -2.41. The molecule has 1 saturated heterocycles. The van der Waals surface area contributed by atoms with Crippen molar-refractivity contribution in [2.45, 2.75) is 20.0 Å². The number of thiocarbonyl (C=S) groups is 2. The number of anilines is 1. The average molecular weight is 337 g/mol. The Balaban J connectivity index is 1.90. The molecule has 1 fully saturated rings. The zero-order valence-electron chi connectivity index (χ0n) is 12.6. The lowest BCUT2D eigenvalue weighted by molar-refractivity contribution is -0.145. The Morgan fingerprint density at radius 2 is 2.05 bits per heavy atom. The SMILES string of the molecule is CC(=O)OC(C)CN1CCN(C(=S)Nc2ccccc2)C1=S. The molecule has 22 heavy (non-hydrogen) atoms. The van der Waals surface area contributed by atoms with Gasteiger partial charge in [0, 0.05) is 25.7 Å². The Morgan fingerprint density at radius 3 is 2.68 bits per heavy atom. The van der Waals surface area contributed by atoms with Gasteiger partial charge >= 0.3 is 5.97 Å². The monoisotopic (exact) mass is 337 g/mol. The highest BCUT2D eigenvalue weighted by Gasteiger charge is 2.29. The molecule has 2 rings (SSSR count). The first-order valence-electron chi connectivity index (χ1n) is 7.07. The maximum absolute atomic E-state index is 11.0. The lowest BCUT2D eigenvalue weighted by Gasteiger charge is -2.24. The molecule has 1 aromatic rings. The Labute approximate surface area is 141 Å². The number of nitrogens with one attached hydrogen (secondary N) is 1. The van der Waals surface area contributed by atoms with E-state index >= 15 is 0 Å². The summed E-state index contributed by atoms with van der Waals surface area (Å²) in [6.45, 7) is 5.32. The van der Waals surface area contributed by atoms with Gasteiger partial charge in [0.05, 0.1) is 6.54 Å². The normalized spacial score (nSPS) is 15.6. The third-order valence-electron chi connectivity index (χ3n) is 3.21. The van der Waals surface area contributed by atoms with Gasteiger partial charge in [0.2, 0.25) is 0 Å². The van der Waals surface area contributed by atoms with Crippen LogP contribution in [0.2, 0.25) is 0 Å². The number of rotatable bonds is 4. The number of benzene rings is 1. The third-order valence-corrected chi connectivity index (χ3v) is 4.01. The Morgan fingerprint density at radius 1 is 1.36 bits per heavy atom. The topological polar surface area (TPSA) is 44.8 Å². The molecule has 0 saturated carbocycles. The first-order valence-corrected chi connectivity index (χ1v) is 7.88. The molecule has 1 atom stereocenters. The van der Waals surface area contributed by atoms with Crippen molar-refractivity contribution in [3.8, 4) is 0 Å². The van der Waals surface area contributed by atoms with Gasteiger partial charge in [-0.1, -0.05) is 18.2 Å². The molecule has 1 aromatic carbocycles. The van der Waals surface area contributed by atoms with Crippen molar-refractivity contribution in [2.75, 3.05) is 25.0 Å². The van der Waals surface area contributed by atoms with E-state index in [1.807, 2.05) is 47.1 Å². The summed E-state index contributed by atoms with van der Waals surface area (Å²) in [4.78, 5) is 14.9. The molecule has 7 heteroatoms. The predicted molar refractivity (Wildman–Crippen MR) is 94.8 cm³/mol.